The molecular formula is C23H27N5O2. The van der Waals surface area contributed by atoms with Gasteiger partial charge < -0.3 is 14.0 Å². The predicted octanol–water partition coefficient (Wildman–Crippen LogP) is 3.23. The van der Waals surface area contributed by atoms with Crippen molar-refractivity contribution in [2.75, 3.05) is 26.7 Å². The van der Waals surface area contributed by atoms with E-state index in [4.69, 9.17) is 9.51 Å². The Hall–Kier alpha value is -2.93. The number of carbonyl (C=O) groups excluding carboxylic acids is 1. The van der Waals surface area contributed by atoms with Crippen molar-refractivity contribution in [3.8, 4) is 11.3 Å². The van der Waals surface area contributed by atoms with Gasteiger partial charge in [-0.25, -0.2) is 4.98 Å². The van der Waals surface area contributed by atoms with Crippen molar-refractivity contribution < 1.29 is 9.32 Å². The first-order valence-corrected chi connectivity index (χ1v) is 10.5. The topological polar surface area (TPSA) is 67.4 Å². The van der Waals surface area contributed by atoms with Crippen LogP contribution >= 0.6 is 0 Å². The molecule has 0 radical (unpaired) electrons. The largest absolute Gasteiger partial charge is 0.361 e. The lowest BCUT2D eigenvalue weighted by atomic mass is 9.85. The van der Waals surface area contributed by atoms with Crippen LogP contribution in [0.25, 0.3) is 11.3 Å². The summed E-state index contributed by atoms with van der Waals surface area (Å²) in [6, 6.07) is 10.3. The Labute approximate surface area is 176 Å². The Balaban J connectivity index is 1.52. The zero-order valence-electron chi connectivity index (χ0n) is 17.8. The molecule has 1 saturated heterocycles. The van der Waals surface area contributed by atoms with E-state index >= 15 is 0 Å². The lowest BCUT2D eigenvalue weighted by molar-refractivity contribution is 0.0323. The van der Waals surface area contributed by atoms with Gasteiger partial charge in [-0.15, -0.1) is 0 Å². The highest BCUT2D eigenvalue weighted by Crippen LogP contribution is 2.38. The highest BCUT2D eigenvalue weighted by atomic mass is 16.5. The summed E-state index contributed by atoms with van der Waals surface area (Å²) in [6.45, 7) is 6.81. The van der Waals surface area contributed by atoms with Crippen LogP contribution in [0.4, 0.5) is 0 Å². The van der Waals surface area contributed by atoms with E-state index in [-0.39, 0.29) is 11.4 Å². The molecule has 0 N–H and O–H groups in total. The molecule has 5 rings (SSSR count). The monoisotopic (exact) mass is 405 g/mol. The van der Waals surface area contributed by atoms with Gasteiger partial charge in [0.05, 0.1) is 28.9 Å². The molecule has 0 aliphatic carbocycles. The number of amides is 1. The summed E-state index contributed by atoms with van der Waals surface area (Å²) < 4.78 is 7.60. The number of likely N-dealkylation sites (N-methyl/N-ethyl adjacent to an activating group) is 1. The molecule has 1 spiro atoms. The fraction of sp³-hybridized carbons (Fsp3) is 0.435. The number of nitrogens with zero attached hydrogens (tertiary/aromatic N) is 5. The van der Waals surface area contributed by atoms with E-state index in [0.717, 1.165) is 43.7 Å². The third kappa shape index (κ3) is 2.96. The number of imidazole rings is 1. The first kappa shape index (κ1) is 19.1. The number of carbonyl (C=O) groups is 1. The number of hydrogen-bond donors (Lipinski definition) is 0. The van der Waals surface area contributed by atoms with Crippen LogP contribution < -0.4 is 0 Å². The number of hydrogen-bond acceptors (Lipinski definition) is 5. The summed E-state index contributed by atoms with van der Waals surface area (Å²) in [5.74, 6) is 0.607. The van der Waals surface area contributed by atoms with Gasteiger partial charge in [0.25, 0.3) is 5.91 Å². The average molecular weight is 406 g/mol. The van der Waals surface area contributed by atoms with Gasteiger partial charge in [-0.2, -0.15) is 0 Å². The molecular weight excluding hydrogens is 378 g/mol. The van der Waals surface area contributed by atoms with Crippen molar-refractivity contribution in [1.29, 1.82) is 0 Å². The highest BCUT2D eigenvalue weighted by molar-refractivity contribution is 5.96. The normalized spacial score (nSPS) is 21.8. The maximum absolute atomic E-state index is 13.3. The molecule has 1 unspecified atom stereocenters. The van der Waals surface area contributed by atoms with Crippen LogP contribution in [0.3, 0.4) is 0 Å². The Morgan fingerprint density at radius 2 is 1.97 bits per heavy atom. The second kappa shape index (κ2) is 7.09. The zero-order valence-corrected chi connectivity index (χ0v) is 17.8. The van der Waals surface area contributed by atoms with E-state index in [0.29, 0.717) is 23.6 Å². The van der Waals surface area contributed by atoms with Crippen molar-refractivity contribution in [2.24, 2.45) is 0 Å². The summed E-state index contributed by atoms with van der Waals surface area (Å²) >= 11 is 0. The van der Waals surface area contributed by atoms with Crippen LogP contribution in [0.15, 0.2) is 41.2 Å². The summed E-state index contributed by atoms with van der Waals surface area (Å²) in [5, 5.41) is 3.98. The first-order valence-electron chi connectivity index (χ1n) is 10.5. The molecule has 0 bridgehead atoms. The van der Waals surface area contributed by atoms with E-state index in [2.05, 4.69) is 33.8 Å². The van der Waals surface area contributed by atoms with Gasteiger partial charge in [-0.05, 0) is 33.7 Å². The van der Waals surface area contributed by atoms with E-state index < -0.39 is 0 Å². The molecule has 7 nitrogen and oxygen atoms in total. The SMILES string of the molecule is Cc1noc(C)c1C(=O)N1CCCC2(CN(C)Cc3c(-c4ccccc4)ncn32)C1. The Morgan fingerprint density at radius 3 is 2.70 bits per heavy atom. The maximum Gasteiger partial charge on any atom is 0.259 e. The van der Waals surface area contributed by atoms with Crippen molar-refractivity contribution >= 4 is 5.91 Å². The third-order valence-electron chi connectivity index (χ3n) is 6.50. The van der Waals surface area contributed by atoms with Gasteiger partial charge in [0.15, 0.2) is 0 Å². The average Bonchev–Trinajstić information content (AvgIpc) is 3.31. The summed E-state index contributed by atoms with van der Waals surface area (Å²) in [6.07, 6.45) is 3.97. The van der Waals surface area contributed by atoms with Crippen LogP contribution in [0.5, 0.6) is 0 Å². The van der Waals surface area contributed by atoms with Gasteiger partial charge in [-0.1, -0.05) is 35.5 Å². The minimum absolute atomic E-state index is 0.0171. The minimum atomic E-state index is -0.171. The molecule has 2 aromatic heterocycles. The molecule has 0 saturated carbocycles. The van der Waals surface area contributed by atoms with Crippen molar-refractivity contribution in [3.63, 3.8) is 0 Å². The molecule has 3 aromatic rings. The van der Waals surface area contributed by atoms with Crippen LogP contribution in [0, 0.1) is 13.8 Å². The van der Waals surface area contributed by atoms with Crippen molar-refractivity contribution in [3.05, 3.63) is 59.4 Å². The zero-order chi connectivity index (χ0) is 20.9. The third-order valence-corrected chi connectivity index (χ3v) is 6.50. The smallest absolute Gasteiger partial charge is 0.259 e. The second-order valence-electron chi connectivity index (χ2n) is 8.70. The molecule has 1 atom stereocenters. The number of likely N-dealkylation sites (tertiary alicyclic amines) is 1. The van der Waals surface area contributed by atoms with E-state index in [1.54, 1.807) is 6.92 Å². The Kier molecular flexibility index (Phi) is 4.50. The van der Waals surface area contributed by atoms with Gasteiger partial charge >= 0.3 is 0 Å². The molecule has 1 fully saturated rings. The van der Waals surface area contributed by atoms with E-state index in [9.17, 15) is 4.79 Å². The van der Waals surface area contributed by atoms with Crippen molar-refractivity contribution in [2.45, 2.75) is 38.8 Å². The Morgan fingerprint density at radius 1 is 1.17 bits per heavy atom. The molecule has 30 heavy (non-hydrogen) atoms. The molecule has 1 aromatic carbocycles. The maximum atomic E-state index is 13.3. The summed E-state index contributed by atoms with van der Waals surface area (Å²) in [5.41, 5.74) is 4.49. The van der Waals surface area contributed by atoms with Gasteiger partial charge in [-0.3, -0.25) is 9.69 Å². The predicted molar refractivity (Wildman–Crippen MR) is 113 cm³/mol. The van der Waals surface area contributed by atoms with Gasteiger partial charge in [0, 0.05) is 31.7 Å². The summed E-state index contributed by atoms with van der Waals surface area (Å²) in [7, 11) is 2.15. The lowest BCUT2D eigenvalue weighted by Crippen LogP contribution is -2.58. The first-order chi connectivity index (χ1) is 14.5. The number of piperidine rings is 1. The standard InChI is InChI=1S/C23H27N5O2/c1-16-20(17(2)30-25-16)22(29)27-11-7-10-23(14-27)13-26(3)12-19-21(24-15-28(19)23)18-8-5-4-6-9-18/h4-6,8-9,15H,7,10-14H2,1-3H3. The quantitative estimate of drug-likeness (QED) is 0.655. The van der Waals surface area contributed by atoms with Crippen LogP contribution in [-0.4, -0.2) is 57.1 Å². The number of rotatable bonds is 2. The molecule has 7 heteroatoms. The fourth-order valence-electron chi connectivity index (χ4n) is 5.22. The molecule has 1 amide bonds. The fourth-order valence-corrected chi connectivity index (χ4v) is 5.22. The number of aromatic nitrogens is 3. The van der Waals surface area contributed by atoms with Crippen LogP contribution in [0.1, 0.15) is 40.3 Å². The number of fused-ring (bicyclic) bond motifs is 2. The minimum Gasteiger partial charge on any atom is -0.361 e. The number of aryl methyl sites for hydroxylation is 2. The summed E-state index contributed by atoms with van der Waals surface area (Å²) in [4.78, 5) is 22.5. The van der Waals surface area contributed by atoms with E-state index in [1.165, 1.54) is 5.69 Å². The van der Waals surface area contributed by atoms with Crippen LogP contribution in [-0.2, 0) is 12.1 Å². The molecule has 156 valence electrons. The second-order valence-corrected chi connectivity index (χ2v) is 8.70. The lowest BCUT2D eigenvalue weighted by Gasteiger charge is -2.49. The van der Waals surface area contributed by atoms with Crippen LogP contribution in [0.2, 0.25) is 0 Å². The molecule has 4 heterocycles. The Bertz CT molecular complexity index is 1070. The van der Waals surface area contributed by atoms with Gasteiger partial charge in [0.2, 0.25) is 0 Å². The van der Waals surface area contributed by atoms with E-state index in [1.807, 2.05) is 36.4 Å². The molecule has 2 aliphatic rings. The van der Waals surface area contributed by atoms with Crippen molar-refractivity contribution in [1.82, 2.24) is 24.5 Å². The molecule has 2 aliphatic heterocycles. The van der Waals surface area contributed by atoms with Gasteiger partial charge in [0.1, 0.15) is 11.3 Å². The number of benzene rings is 1. The highest BCUT2D eigenvalue weighted by Gasteiger charge is 2.44.